The lowest BCUT2D eigenvalue weighted by Crippen LogP contribution is -2.23. The lowest BCUT2D eigenvalue weighted by molar-refractivity contribution is 0.0951. The molecule has 2 aromatic heterocycles. The van der Waals surface area contributed by atoms with Crippen molar-refractivity contribution in [1.82, 2.24) is 20.1 Å². The molecule has 0 atom stereocenters. The molecule has 1 amide bonds. The molecule has 5 nitrogen and oxygen atoms in total. The van der Waals surface area contributed by atoms with Gasteiger partial charge in [0.05, 0.1) is 11.9 Å². The molecule has 0 aliphatic heterocycles. The van der Waals surface area contributed by atoms with Crippen LogP contribution in [0.4, 0.5) is 0 Å². The third-order valence-electron chi connectivity index (χ3n) is 4.84. The molecule has 2 aromatic carbocycles. The lowest BCUT2D eigenvalue weighted by Gasteiger charge is -2.09. The van der Waals surface area contributed by atoms with E-state index < -0.39 is 0 Å². The molecule has 0 saturated carbocycles. The molecule has 0 aliphatic rings. The topological polar surface area (TPSA) is 59.8 Å². The van der Waals surface area contributed by atoms with E-state index in [4.69, 9.17) is 0 Å². The van der Waals surface area contributed by atoms with Gasteiger partial charge in [-0.05, 0) is 41.8 Å². The number of hydrogen-bond donors (Lipinski definition) is 1. The molecule has 0 unspecified atom stereocenters. The predicted octanol–water partition coefficient (Wildman–Crippen LogP) is 4.39. The van der Waals surface area contributed by atoms with E-state index in [0.717, 1.165) is 27.9 Å². The summed E-state index contributed by atoms with van der Waals surface area (Å²) in [5.74, 6) is -0.110. The molecule has 0 aliphatic carbocycles. The van der Waals surface area contributed by atoms with Gasteiger partial charge in [0.25, 0.3) is 5.91 Å². The zero-order chi connectivity index (χ0) is 20.2. The standard InChI is InChI=1S/C24H22N4O/c1-17-5-7-18(8-6-17)19-9-11-20(12-10-19)24(29)26-14-21-4-3-13-25-23(21)22-15-27-28(2)16-22/h3-13,15-16H,14H2,1-2H3,(H,26,29). The number of nitrogens with zero attached hydrogens (tertiary/aromatic N) is 3. The Morgan fingerprint density at radius 2 is 1.66 bits per heavy atom. The van der Waals surface area contributed by atoms with Crippen molar-refractivity contribution in [3.63, 3.8) is 0 Å². The minimum atomic E-state index is -0.110. The molecule has 0 radical (unpaired) electrons. The van der Waals surface area contributed by atoms with Gasteiger partial charge in [-0.3, -0.25) is 14.5 Å². The van der Waals surface area contributed by atoms with Crippen LogP contribution in [-0.2, 0) is 13.6 Å². The summed E-state index contributed by atoms with van der Waals surface area (Å²) in [6.45, 7) is 2.47. The van der Waals surface area contributed by atoms with Gasteiger partial charge in [0.1, 0.15) is 0 Å². The Hall–Kier alpha value is -3.73. The summed E-state index contributed by atoms with van der Waals surface area (Å²) in [6.07, 6.45) is 5.44. The second-order valence-corrected chi connectivity index (χ2v) is 7.04. The zero-order valence-corrected chi connectivity index (χ0v) is 16.5. The quantitative estimate of drug-likeness (QED) is 0.557. The Kier molecular flexibility index (Phi) is 5.20. The molecule has 0 fully saturated rings. The summed E-state index contributed by atoms with van der Waals surface area (Å²) >= 11 is 0. The largest absolute Gasteiger partial charge is 0.348 e. The number of hydrogen-bond acceptors (Lipinski definition) is 3. The molecule has 2 heterocycles. The summed E-state index contributed by atoms with van der Waals surface area (Å²) in [6, 6.07) is 19.9. The molecule has 0 saturated heterocycles. The molecule has 1 N–H and O–H groups in total. The third-order valence-corrected chi connectivity index (χ3v) is 4.84. The van der Waals surface area contributed by atoms with Crippen molar-refractivity contribution in [1.29, 1.82) is 0 Å². The molecular formula is C24H22N4O. The number of amides is 1. The summed E-state index contributed by atoms with van der Waals surface area (Å²) in [4.78, 5) is 17.1. The van der Waals surface area contributed by atoms with Gasteiger partial charge in [-0.15, -0.1) is 0 Å². The van der Waals surface area contributed by atoms with Crippen molar-refractivity contribution in [3.8, 4) is 22.4 Å². The number of carbonyl (C=O) groups excluding carboxylic acids is 1. The summed E-state index contributed by atoms with van der Waals surface area (Å²) in [7, 11) is 1.87. The van der Waals surface area contributed by atoms with Crippen molar-refractivity contribution in [3.05, 3.63) is 95.9 Å². The second-order valence-electron chi connectivity index (χ2n) is 7.04. The average molecular weight is 382 g/mol. The van der Waals surface area contributed by atoms with Crippen LogP contribution in [-0.4, -0.2) is 20.7 Å². The number of carbonyl (C=O) groups is 1. The van der Waals surface area contributed by atoms with Gasteiger partial charge in [0, 0.05) is 37.1 Å². The summed E-state index contributed by atoms with van der Waals surface area (Å²) in [5, 5.41) is 7.20. The molecule has 0 spiro atoms. The Morgan fingerprint density at radius 1 is 0.966 bits per heavy atom. The maximum absolute atomic E-state index is 12.6. The fourth-order valence-electron chi connectivity index (χ4n) is 3.22. The molecule has 4 aromatic rings. The van der Waals surface area contributed by atoms with Crippen molar-refractivity contribution in [2.24, 2.45) is 7.05 Å². The monoisotopic (exact) mass is 382 g/mol. The number of benzene rings is 2. The number of pyridine rings is 1. The highest BCUT2D eigenvalue weighted by molar-refractivity contribution is 5.94. The molecule has 5 heteroatoms. The smallest absolute Gasteiger partial charge is 0.251 e. The van der Waals surface area contributed by atoms with E-state index in [1.165, 1.54) is 5.56 Å². The van der Waals surface area contributed by atoms with Crippen LogP contribution in [0, 0.1) is 6.92 Å². The van der Waals surface area contributed by atoms with Gasteiger partial charge in [-0.1, -0.05) is 48.0 Å². The van der Waals surface area contributed by atoms with Crippen molar-refractivity contribution < 1.29 is 4.79 Å². The molecule has 4 rings (SSSR count). The first kappa shape index (κ1) is 18.6. The number of aromatic nitrogens is 3. The van der Waals surface area contributed by atoms with E-state index in [1.807, 2.05) is 49.6 Å². The van der Waals surface area contributed by atoms with Gasteiger partial charge >= 0.3 is 0 Å². The maximum Gasteiger partial charge on any atom is 0.251 e. The van der Waals surface area contributed by atoms with Gasteiger partial charge < -0.3 is 5.32 Å². The van der Waals surface area contributed by atoms with Gasteiger partial charge in [-0.25, -0.2) is 0 Å². The minimum absolute atomic E-state index is 0.110. The number of nitrogens with one attached hydrogen (secondary N) is 1. The van der Waals surface area contributed by atoms with E-state index in [-0.39, 0.29) is 5.91 Å². The van der Waals surface area contributed by atoms with Gasteiger partial charge in [0.15, 0.2) is 0 Å². The van der Waals surface area contributed by atoms with E-state index in [1.54, 1.807) is 17.1 Å². The molecule has 29 heavy (non-hydrogen) atoms. The van der Waals surface area contributed by atoms with Crippen molar-refractivity contribution in [2.75, 3.05) is 0 Å². The Bertz CT molecular complexity index is 1130. The fraction of sp³-hybridized carbons (Fsp3) is 0.125. The highest BCUT2D eigenvalue weighted by Crippen LogP contribution is 2.22. The zero-order valence-electron chi connectivity index (χ0n) is 16.5. The highest BCUT2D eigenvalue weighted by Gasteiger charge is 2.11. The van der Waals surface area contributed by atoms with Crippen LogP contribution in [0.2, 0.25) is 0 Å². The Balaban J connectivity index is 1.46. The normalized spacial score (nSPS) is 10.7. The first-order valence-electron chi connectivity index (χ1n) is 9.48. The summed E-state index contributed by atoms with van der Waals surface area (Å²) in [5.41, 5.74) is 6.80. The molecular weight excluding hydrogens is 360 g/mol. The van der Waals surface area contributed by atoms with Crippen LogP contribution in [0.1, 0.15) is 21.5 Å². The SMILES string of the molecule is Cc1ccc(-c2ccc(C(=O)NCc3cccnc3-c3cnn(C)c3)cc2)cc1. The van der Waals surface area contributed by atoms with Gasteiger partial charge in [0.2, 0.25) is 0 Å². The Labute approximate surface area is 170 Å². The van der Waals surface area contributed by atoms with E-state index in [0.29, 0.717) is 12.1 Å². The van der Waals surface area contributed by atoms with Crippen LogP contribution < -0.4 is 5.32 Å². The van der Waals surface area contributed by atoms with Crippen LogP contribution in [0.5, 0.6) is 0 Å². The van der Waals surface area contributed by atoms with Crippen molar-refractivity contribution in [2.45, 2.75) is 13.5 Å². The average Bonchev–Trinajstić information content (AvgIpc) is 3.19. The first-order chi connectivity index (χ1) is 14.1. The van der Waals surface area contributed by atoms with E-state index in [9.17, 15) is 4.79 Å². The number of aryl methyl sites for hydroxylation is 2. The van der Waals surface area contributed by atoms with E-state index >= 15 is 0 Å². The van der Waals surface area contributed by atoms with Crippen LogP contribution in [0.25, 0.3) is 22.4 Å². The lowest BCUT2D eigenvalue weighted by atomic mass is 10.0. The van der Waals surface area contributed by atoms with Crippen LogP contribution >= 0.6 is 0 Å². The highest BCUT2D eigenvalue weighted by atomic mass is 16.1. The fourth-order valence-corrected chi connectivity index (χ4v) is 3.22. The first-order valence-corrected chi connectivity index (χ1v) is 9.48. The third kappa shape index (κ3) is 4.24. The predicted molar refractivity (Wildman–Crippen MR) is 114 cm³/mol. The maximum atomic E-state index is 12.6. The molecule has 144 valence electrons. The Morgan fingerprint density at radius 3 is 2.31 bits per heavy atom. The minimum Gasteiger partial charge on any atom is -0.348 e. The van der Waals surface area contributed by atoms with Crippen LogP contribution in [0.3, 0.4) is 0 Å². The van der Waals surface area contributed by atoms with E-state index in [2.05, 4.69) is 46.6 Å². The second kappa shape index (κ2) is 8.10. The van der Waals surface area contributed by atoms with Crippen molar-refractivity contribution >= 4 is 5.91 Å². The van der Waals surface area contributed by atoms with Gasteiger partial charge in [-0.2, -0.15) is 5.10 Å². The summed E-state index contributed by atoms with van der Waals surface area (Å²) < 4.78 is 1.74. The number of rotatable bonds is 5. The van der Waals surface area contributed by atoms with Crippen LogP contribution in [0.15, 0.2) is 79.3 Å². The molecule has 0 bridgehead atoms.